The molecule has 28 heavy (non-hydrogen) atoms. The average Bonchev–Trinajstić information content (AvgIpc) is 2.73. The van der Waals surface area contributed by atoms with E-state index in [9.17, 15) is 0 Å². The number of nitrogens with one attached hydrogen (secondary N) is 2. The van der Waals surface area contributed by atoms with Crippen molar-refractivity contribution in [2.45, 2.75) is 20.3 Å². The van der Waals surface area contributed by atoms with Gasteiger partial charge in [0, 0.05) is 18.0 Å². The smallest absolute Gasteiger partial charge is 0.140 e. The minimum absolute atomic E-state index is 0.367. The third kappa shape index (κ3) is 5.82. The number of allylic oxidation sites excluding steroid dienone is 1. The monoisotopic (exact) mass is 392 g/mol. The van der Waals surface area contributed by atoms with Gasteiger partial charge in [-0.1, -0.05) is 39.3 Å². The highest BCUT2D eigenvalue weighted by molar-refractivity contribution is 7.46. The normalized spacial score (nSPS) is 12.2. The van der Waals surface area contributed by atoms with Crippen LogP contribution in [-0.2, 0) is 0 Å². The lowest BCUT2D eigenvalue weighted by Gasteiger charge is -2.12. The highest BCUT2D eigenvalue weighted by atomic mass is 31.1. The summed E-state index contributed by atoms with van der Waals surface area (Å²) in [6, 6.07) is 11.9. The number of anilines is 1. The minimum Gasteiger partial charge on any atom is -0.304 e. The van der Waals surface area contributed by atoms with Crippen LogP contribution in [0.15, 0.2) is 52.1 Å². The Balaban J connectivity index is 2.07. The molecule has 144 valence electrons. The quantitative estimate of drug-likeness (QED) is 0.295. The van der Waals surface area contributed by atoms with Crippen molar-refractivity contribution in [3.8, 4) is 6.07 Å². The van der Waals surface area contributed by atoms with Crippen LogP contribution in [0.2, 0.25) is 0 Å². The third-order valence-electron chi connectivity index (χ3n) is 4.07. The summed E-state index contributed by atoms with van der Waals surface area (Å²) in [6.45, 7) is 10.5. The molecule has 0 aliphatic rings. The fraction of sp³-hybridized carbons (Fsp3) is 0.238. The summed E-state index contributed by atoms with van der Waals surface area (Å²) in [7, 11) is 0.684. The second-order valence-electron chi connectivity index (χ2n) is 6.00. The van der Waals surface area contributed by atoms with Crippen LogP contribution in [0, 0.1) is 18.3 Å². The predicted octanol–water partition coefficient (Wildman–Crippen LogP) is 3.66. The van der Waals surface area contributed by atoms with Crippen molar-refractivity contribution in [2.24, 2.45) is 9.98 Å². The van der Waals surface area contributed by atoms with E-state index in [2.05, 4.69) is 71.2 Å². The van der Waals surface area contributed by atoms with Gasteiger partial charge >= 0.3 is 0 Å². The number of hydrogen-bond acceptors (Lipinski definition) is 6. The maximum atomic E-state index is 8.78. The van der Waals surface area contributed by atoms with E-state index in [-0.39, 0.29) is 0 Å². The van der Waals surface area contributed by atoms with Gasteiger partial charge in [0.2, 0.25) is 0 Å². The van der Waals surface area contributed by atoms with Crippen molar-refractivity contribution in [1.29, 1.82) is 5.26 Å². The first-order valence-corrected chi connectivity index (χ1v) is 10.5. The molecule has 0 aliphatic heterocycles. The van der Waals surface area contributed by atoms with Crippen molar-refractivity contribution in [3.05, 3.63) is 58.8 Å². The number of benzene rings is 1. The number of aromatic nitrogens is 1. The summed E-state index contributed by atoms with van der Waals surface area (Å²) in [5.74, 6) is 0.627. The molecule has 1 aromatic heterocycles. The van der Waals surface area contributed by atoms with Gasteiger partial charge < -0.3 is 5.43 Å². The molecule has 2 aromatic rings. The molecule has 0 amide bonds. The van der Waals surface area contributed by atoms with Gasteiger partial charge in [-0.05, 0) is 49.7 Å². The molecule has 0 spiro atoms. The van der Waals surface area contributed by atoms with Gasteiger partial charge in [-0.25, -0.2) is 10.4 Å². The van der Waals surface area contributed by atoms with E-state index in [0.29, 0.717) is 26.6 Å². The Morgan fingerprint density at radius 2 is 2.18 bits per heavy atom. The van der Waals surface area contributed by atoms with E-state index in [0.717, 1.165) is 23.3 Å². The van der Waals surface area contributed by atoms with E-state index >= 15 is 0 Å². The summed E-state index contributed by atoms with van der Waals surface area (Å²) in [5.41, 5.74) is 10.8. The summed E-state index contributed by atoms with van der Waals surface area (Å²) < 4.78 is 0. The highest BCUT2D eigenvalue weighted by Gasteiger charge is 2.09. The molecule has 0 aliphatic carbocycles. The number of aryl methyl sites for hydroxylation is 1. The Bertz CT molecular complexity index is 909. The van der Waals surface area contributed by atoms with Gasteiger partial charge in [0.1, 0.15) is 18.6 Å². The molecule has 2 rings (SSSR count). The van der Waals surface area contributed by atoms with Gasteiger partial charge in [-0.3, -0.25) is 9.98 Å². The van der Waals surface area contributed by atoms with Crippen molar-refractivity contribution in [2.75, 3.05) is 18.8 Å². The van der Waals surface area contributed by atoms with Gasteiger partial charge in [0.25, 0.3) is 0 Å². The number of pyridine rings is 1. The summed E-state index contributed by atoms with van der Waals surface area (Å²) >= 11 is 0. The Morgan fingerprint density at radius 1 is 1.36 bits per heavy atom. The second-order valence-corrected chi connectivity index (χ2v) is 7.04. The maximum Gasteiger partial charge on any atom is 0.140 e. The Labute approximate surface area is 168 Å². The van der Waals surface area contributed by atoms with Crippen LogP contribution >= 0.6 is 8.58 Å². The number of hydrazine groups is 1. The standard InChI is InChI=1S/C21H25N6P/c1-5-17(21(23-3)18-8-6-15(2)10-19(18)28-4)13-24-14-26-27-20-9-7-16(11-22)12-25-20/h6-10,12-13,26,28H,3,5,14H2,1-2,4H3,(H,25,27)/b21-17-,24-13?. The molecule has 0 saturated carbocycles. The number of rotatable bonds is 9. The molecule has 0 radical (unpaired) electrons. The zero-order valence-electron chi connectivity index (χ0n) is 16.5. The molecule has 2 N–H and O–H groups in total. The van der Waals surface area contributed by atoms with Gasteiger partial charge in [-0.2, -0.15) is 5.26 Å². The Morgan fingerprint density at radius 3 is 2.79 bits per heavy atom. The Kier molecular flexibility index (Phi) is 8.48. The van der Waals surface area contributed by atoms with Crippen molar-refractivity contribution >= 4 is 38.3 Å². The molecule has 0 bridgehead atoms. The first-order valence-electron chi connectivity index (χ1n) is 8.96. The highest BCUT2D eigenvalue weighted by Crippen LogP contribution is 2.24. The van der Waals surface area contributed by atoms with Gasteiger partial charge in [-0.15, -0.1) is 0 Å². The number of hydrogen-bond donors (Lipinski definition) is 2. The summed E-state index contributed by atoms with van der Waals surface area (Å²) in [4.78, 5) is 12.9. The predicted molar refractivity (Wildman–Crippen MR) is 121 cm³/mol. The molecular formula is C21H25N6P. The first kappa shape index (κ1) is 21.4. The van der Waals surface area contributed by atoms with Crippen LogP contribution < -0.4 is 16.2 Å². The van der Waals surface area contributed by atoms with Crippen LogP contribution in [0.1, 0.15) is 30.0 Å². The lowest BCUT2D eigenvalue weighted by Crippen LogP contribution is -2.22. The lowest BCUT2D eigenvalue weighted by atomic mass is 10.0. The van der Waals surface area contributed by atoms with Gasteiger partial charge in [0.05, 0.1) is 11.3 Å². The number of nitriles is 1. The van der Waals surface area contributed by atoms with Gasteiger partial charge in [0.15, 0.2) is 0 Å². The zero-order valence-corrected chi connectivity index (χ0v) is 17.5. The third-order valence-corrected chi connectivity index (χ3v) is 5.02. The fourth-order valence-corrected chi connectivity index (χ4v) is 3.46. The fourth-order valence-electron chi connectivity index (χ4n) is 2.62. The van der Waals surface area contributed by atoms with E-state index in [1.807, 2.05) is 12.3 Å². The minimum atomic E-state index is 0.367. The zero-order chi connectivity index (χ0) is 20.4. The number of nitrogens with zero attached hydrogens (tertiary/aromatic N) is 4. The van der Waals surface area contributed by atoms with Crippen LogP contribution in [0.4, 0.5) is 5.82 Å². The van der Waals surface area contributed by atoms with E-state index in [1.54, 1.807) is 12.1 Å². The van der Waals surface area contributed by atoms with E-state index in [1.165, 1.54) is 17.1 Å². The van der Waals surface area contributed by atoms with Crippen molar-refractivity contribution in [3.63, 3.8) is 0 Å². The maximum absolute atomic E-state index is 8.78. The van der Waals surface area contributed by atoms with Crippen LogP contribution in [0.25, 0.3) is 5.70 Å². The van der Waals surface area contributed by atoms with Crippen molar-refractivity contribution in [1.82, 2.24) is 10.4 Å². The van der Waals surface area contributed by atoms with Crippen molar-refractivity contribution < 1.29 is 0 Å². The molecule has 6 nitrogen and oxygen atoms in total. The average molecular weight is 392 g/mol. The molecule has 0 fully saturated rings. The Hall–Kier alpha value is -2.87. The molecular weight excluding hydrogens is 367 g/mol. The molecule has 1 heterocycles. The summed E-state index contributed by atoms with van der Waals surface area (Å²) in [6.07, 6.45) is 4.16. The molecule has 1 aromatic carbocycles. The van der Waals surface area contributed by atoms with Crippen LogP contribution in [-0.4, -0.2) is 31.2 Å². The van der Waals surface area contributed by atoms with E-state index in [4.69, 9.17) is 5.26 Å². The topological polar surface area (TPSA) is 85.5 Å². The second kappa shape index (κ2) is 11.1. The molecule has 0 saturated heterocycles. The SMILES string of the molecule is C=N/C(=C(\C=NCNNc1ccc(C#N)cn1)CC)c1ccc(C)cc1PC. The first-order chi connectivity index (χ1) is 13.6. The van der Waals surface area contributed by atoms with Crippen LogP contribution in [0.3, 0.4) is 0 Å². The summed E-state index contributed by atoms with van der Waals surface area (Å²) in [5, 5.41) is 10.1. The lowest BCUT2D eigenvalue weighted by molar-refractivity contribution is 0.813. The van der Waals surface area contributed by atoms with Crippen LogP contribution in [0.5, 0.6) is 0 Å². The molecule has 1 atom stereocenters. The van der Waals surface area contributed by atoms with E-state index < -0.39 is 0 Å². The number of aliphatic imine (C=N–C) groups is 2. The largest absolute Gasteiger partial charge is 0.304 e. The molecule has 1 unspecified atom stereocenters. The molecule has 7 heteroatoms.